The first kappa shape index (κ1) is 13.2. The van der Waals surface area contributed by atoms with Crippen molar-refractivity contribution in [3.05, 3.63) is 30.3 Å². The summed E-state index contributed by atoms with van der Waals surface area (Å²) in [7, 11) is 2.89. The summed E-state index contributed by atoms with van der Waals surface area (Å²) >= 11 is 0. The molecule has 0 amide bonds. The Kier molecular flexibility index (Phi) is 2.90. The topological polar surface area (TPSA) is 79.2 Å². The zero-order valence-corrected chi connectivity index (χ0v) is 11.5. The number of phenolic OH excluding ortho intramolecular Hbond substituents is 3. The van der Waals surface area contributed by atoms with Gasteiger partial charge in [0.1, 0.15) is 0 Å². The van der Waals surface area contributed by atoms with Gasteiger partial charge in [-0.05, 0) is 34.4 Å². The van der Waals surface area contributed by atoms with Gasteiger partial charge in [-0.2, -0.15) is 0 Å². The Balaban J connectivity index is 2.54. The molecule has 0 atom stereocenters. The van der Waals surface area contributed by atoms with Crippen molar-refractivity contribution in [2.75, 3.05) is 14.2 Å². The van der Waals surface area contributed by atoms with Crippen molar-refractivity contribution in [2.24, 2.45) is 0 Å². The molecular weight excluding hydrogens is 272 g/mol. The Morgan fingerprint density at radius 3 is 2.14 bits per heavy atom. The number of fused-ring (bicyclic) bond motifs is 3. The van der Waals surface area contributed by atoms with Crippen LogP contribution in [0.3, 0.4) is 0 Å². The van der Waals surface area contributed by atoms with E-state index in [2.05, 4.69) is 0 Å². The van der Waals surface area contributed by atoms with Crippen LogP contribution < -0.4 is 9.47 Å². The zero-order chi connectivity index (χ0) is 15.1. The number of benzene rings is 3. The highest BCUT2D eigenvalue weighted by Gasteiger charge is 2.16. The SMILES string of the molecule is COc1cc2c(ccc3cc(O)c(O)c(OC)c32)cc1O. The number of phenols is 3. The molecule has 0 heterocycles. The van der Waals surface area contributed by atoms with E-state index in [-0.39, 0.29) is 23.0 Å². The van der Waals surface area contributed by atoms with Crippen LogP contribution in [-0.4, -0.2) is 29.5 Å². The Bertz CT molecular complexity index is 855. The molecule has 5 nitrogen and oxygen atoms in total. The highest BCUT2D eigenvalue weighted by atomic mass is 16.5. The van der Waals surface area contributed by atoms with Gasteiger partial charge >= 0.3 is 0 Å². The van der Waals surface area contributed by atoms with Crippen LogP contribution in [0.1, 0.15) is 0 Å². The predicted octanol–water partition coefficient (Wildman–Crippen LogP) is 3.13. The summed E-state index contributed by atoms with van der Waals surface area (Å²) in [4.78, 5) is 0. The van der Waals surface area contributed by atoms with Gasteiger partial charge in [-0.25, -0.2) is 0 Å². The van der Waals surface area contributed by atoms with Crippen LogP contribution in [0.5, 0.6) is 28.7 Å². The highest BCUT2D eigenvalue weighted by Crippen LogP contribution is 2.46. The first-order chi connectivity index (χ1) is 10.1. The Hall–Kier alpha value is -2.82. The Morgan fingerprint density at radius 1 is 0.810 bits per heavy atom. The van der Waals surface area contributed by atoms with E-state index in [0.717, 1.165) is 10.8 Å². The lowest BCUT2D eigenvalue weighted by atomic mass is 9.99. The monoisotopic (exact) mass is 286 g/mol. The van der Waals surface area contributed by atoms with E-state index < -0.39 is 0 Å². The fourth-order valence-corrected chi connectivity index (χ4v) is 2.54. The lowest BCUT2D eigenvalue weighted by Gasteiger charge is -2.13. The van der Waals surface area contributed by atoms with E-state index in [1.54, 1.807) is 18.2 Å². The first-order valence-corrected chi connectivity index (χ1v) is 6.29. The van der Waals surface area contributed by atoms with E-state index in [4.69, 9.17) is 9.47 Å². The summed E-state index contributed by atoms with van der Waals surface area (Å²) in [6.07, 6.45) is 0. The van der Waals surface area contributed by atoms with Gasteiger partial charge < -0.3 is 24.8 Å². The molecule has 3 aromatic carbocycles. The molecule has 0 saturated carbocycles. The molecule has 3 N–H and O–H groups in total. The van der Waals surface area contributed by atoms with Gasteiger partial charge in [0.2, 0.25) is 5.75 Å². The third-order valence-electron chi connectivity index (χ3n) is 3.53. The summed E-state index contributed by atoms with van der Waals surface area (Å²) in [6.45, 7) is 0. The third kappa shape index (κ3) is 1.86. The van der Waals surface area contributed by atoms with E-state index >= 15 is 0 Å². The second-order valence-electron chi connectivity index (χ2n) is 4.69. The Morgan fingerprint density at radius 2 is 1.48 bits per heavy atom. The highest BCUT2D eigenvalue weighted by molar-refractivity contribution is 6.13. The van der Waals surface area contributed by atoms with Gasteiger partial charge in [0.05, 0.1) is 14.2 Å². The maximum Gasteiger partial charge on any atom is 0.201 e. The van der Waals surface area contributed by atoms with Crippen LogP contribution in [0.25, 0.3) is 21.5 Å². The van der Waals surface area contributed by atoms with Crippen LogP contribution in [0.4, 0.5) is 0 Å². The summed E-state index contributed by atoms with van der Waals surface area (Å²) in [5.41, 5.74) is 0. The number of hydrogen-bond donors (Lipinski definition) is 3. The van der Waals surface area contributed by atoms with Gasteiger partial charge in [-0.1, -0.05) is 12.1 Å². The lowest BCUT2D eigenvalue weighted by molar-refractivity contribution is 0.355. The van der Waals surface area contributed by atoms with Gasteiger partial charge in [-0.15, -0.1) is 0 Å². The molecule has 21 heavy (non-hydrogen) atoms. The summed E-state index contributed by atoms with van der Waals surface area (Å²) < 4.78 is 10.4. The van der Waals surface area contributed by atoms with Crippen molar-refractivity contribution >= 4 is 21.5 Å². The fraction of sp³-hybridized carbons (Fsp3) is 0.125. The predicted molar refractivity (Wildman–Crippen MR) is 79.6 cm³/mol. The van der Waals surface area contributed by atoms with Gasteiger partial charge in [-0.3, -0.25) is 0 Å². The van der Waals surface area contributed by atoms with E-state index in [1.165, 1.54) is 20.3 Å². The van der Waals surface area contributed by atoms with Crippen molar-refractivity contribution in [1.29, 1.82) is 0 Å². The molecule has 0 aliphatic heterocycles. The van der Waals surface area contributed by atoms with Gasteiger partial charge in [0.15, 0.2) is 23.0 Å². The van der Waals surface area contributed by atoms with Crippen molar-refractivity contribution in [2.45, 2.75) is 0 Å². The number of ether oxygens (including phenoxy) is 2. The van der Waals surface area contributed by atoms with Crippen LogP contribution in [0.15, 0.2) is 30.3 Å². The second-order valence-corrected chi connectivity index (χ2v) is 4.69. The molecule has 0 spiro atoms. The lowest BCUT2D eigenvalue weighted by Crippen LogP contribution is -1.90. The first-order valence-electron chi connectivity index (χ1n) is 6.29. The van der Waals surface area contributed by atoms with Crippen LogP contribution in [-0.2, 0) is 0 Å². The van der Waals surface area contributed by atoms with Crippen LogP contribution >= 0.6 is 0 Å². The zero-order valence-electron chi connectivity index (χ0n) is 11.5. The number of hydrogen-bond acceptors (Lipinski definition) is 5. The largest absolute Gasteiger partial charge is 0.504 e. The summed E-state index contributed by atoms with van der Waals surface area (Å²) in [5.74, 6) is -0.0201. The minimum Gasteiger partial charge on any atom is -0.504 e. The van der Waals surface area contributed by atoms with Gasteiger partial charge in [0, 0.05) is 5.39 Å². The fourth-order valence-electron chi connectivity index (χ4n) is 2.54. The number of methoxy groups -OCH3 is 2. The quantitative estimate of drug-likeness (QED) is 0.498. The van der Waals surface area contributed by atoms with Crippen LogP contribution in [0.2, 0.25) is 0 Å². The molecule has 3 rings (SSSR count). The van der Waals surface area contributed by atoms with Crippen molar-refractivity contribution in [1.82, 2.24) is 0 Å². The number of aromatic hydroxyl groups is 3. The molecule has 0 radical (unpaired) electrons. The van der Waals surface area contributed by atoms with E-state index in [9.17, 15) is 15.3 Å². The molecule has 0 saturated heterocycles. The maximum atomic E-state index is 9.98. The van der Waals surface area contributed by atoms with Gasteiger partial charge in [0.25, 0.3) is 0 Å². The smallest absolute Gasteiger partial charge is 0.201 e. The average molecular weight is 286 g/mol. The molecule has 0 unspecified atom stereocenters. The normalized spacial score (nSPS) is 11.0. The number of rotatable bonds is 2. The summed E-state index contributed by atoms with van der Waals surface area (Å²) in [5, 5.41) is 32.5. The average Bonchev–Trinajstić information content (AvgIpc) is 2.48. The standard InChI is InChI=1S/C16H14O5/c1-20-13-7-10-8(5-11(13)17)3-4-9-6-12(18)15(19)16(21-2)14(9)10/h3-7,17-19H,1-2H3. The molecule has 0 aliphatic carbocycles. The molecule has 108 valence electrons. The van der Waals surface area contributed by atoms with Crippen molar-refractivity contribution in [3.8, 4) is 28.7 Å². The minimum atomic E-state index is -0.315. The van der Waals surface area contributed by atoms with E-state index in [1.807, 2.05) is 6.07 Å². The summed E-state index contributed by atoms with van der Waals surface area (Å²) in [6, 6.07) is 8.31. The molecule has 0 fully saturated rings. The molecule has 5 heteroatoms. The molecule has 3 aromatic rings. The molecule has 0 aromatic heterocycles. The third-order valence-corrected chi connectivity index (χ3v) is 3.53. The molecule has 0 aliphatic rings. The molecular formula is C16H14O5. The second kappa shape index (κ2) is 4.63. The van der Waals surface area contributed by atoms with E-state index in [0.29, 0.717) is 16.5 Å². The maximum absolute atomic E-state index is 9.98. The van der Waals surface area contributed by atoms with Crippen molar-refractivity contribution in [3.63, 3.8) is 0 Å². The minimum absolute atomic E-state index is 0.0336. The van der Waals surface area contributed by atoms with Crippen molar-refractivity contribution < 1.29 is 24.8 Å². The van der Waals surface area contributed by atoms with Crippen LogP contribution in [0, 0.1) is 0 Å². The molecule has 0 bridgehead atoms. The Labute approximate surface area is 120 Å².